The molecule has 0 spiro atoms. The van der Waals surface area contributed by atoms with E-state index in [4.69, 9.17) is 15.7 Å². The van der Waals surface area contributed by atoms with Crippen molar-refractivity contribution in [1.82, 2.24) is 0 Å². The van der Waals surface area contributed by atoms with E-state index in [1.165, 1.54) is 25.7 Å². The molecule has 0 bridgehead atoms. The zero-order chi connectivity index (χ0) is 24.6. The Morgan fingerprint density at radius 1 is 0.939 bits per heavy atom. The third-order valence-corrected chi connectivity index (χ3v) is 5.69. The second kappa shape index (κ2) is 22.7. The summed E-state index contributed by atoms with van der Waals surface area (Å²) < 4.78 is 25.7. The van der Waals surface area contributed by atoms with Crippen molar-refractivity contribution in [2.24, 2.45) is 5.73 Å². The lowest BCUT2D eigenvalue weighted by atomic mass is 10.1. The fraction of sp³-hybridized carbons (Fsp3) is 0.783. The average Bonchev–Trinajstić information content (AvgIpc) is 2.80. The molecule has 9 nitrogen and oxygen atoms in total. The lowest BCUT2D eigenvalue weighted by Crippen LogP contribution is -2.26. The van der Waals surface area contributed by atoms with Crippen LogP contribution >= 0.6 is 7.82 Å². The summed E-state index contributed by atoms with van der Waals surface area (Å²) >= 11 is 0. The minimum atomic E-state index is -4.29. The van der Waals surface area contributed by atoms with Gasteiger partial charge in [-0.15, -0.1) is 0 Å². The van der Waals surface area contributed by atoms with E-state index in [-0.39, 0.29) is 26.2 Å². The molecule has 0 rings (SSSR count). The summed E-state index contributed by atoms with van der Waals surface area (Å²) in [6, 6.07) is 0. The number of phosphoric acid groups is 1. The van der Waals surface area contributed by atoms with Gasteiger partial charge in [-0.05, 0) is 38.5 Å². The van der Waals surface area contributed by atoms with Gasteiger partial charge >= 0.3 is 13.8 Å². The first-order chi connectivity index (χ1) is 15.9. The van der Waals surface area contributed by atoms with Crippen LogP contribution in [-0.4, -0.2) is 48.6 Å². The first kappa shape index (κ1) is 31.9. The van der Waals surface area contributed by atoms with Crippen LogP contribution in [0.2, 0.25) is 0 Å². The highest BCUT2D eigenvalue weighted by atomic mass is 31.2. The second-order valence-corrected chi connectivity index (χ2v) is 9.23. The Kier molecular flexibility index (Phi) is 22.0. The molecule has 0 aromatic heterocycles. The van der Waals surface area contributed by atoms with Crippen molar-refractivity contribution in [1.29, 1.82) is 0 Å². The molecule has 2 atom stereocenters. The molecule has 0 saturated carbocycles. The van der Waals surface area contributed by atoms with Crippen molar-refractivity contribution in [3.63, 3.8) is 0 Å². The molecule has 4 N–H and O–H groups in total. The molecule has 33 heavy (non-hydrogen) atoms. The fourth-order valence-electron chi connectivity index (χ4n) is 2.83. The Morgan fingerprint density at radius 3 is 2.21 bits per heavy atom. The Bertz CT molecular complexity index is 571. The minimum absolute atomic E-state index is 0.0552. The highest BCUT2D eigenvalue weighted by Gasteiger charge is 2.24. The molecule has 0 saturated heterocycles. The molecule has 0 heterocycles. The van der Waals surface area contributed by atoms with Crippen molar-refractivity contribution < 1.29 is 38.2 Å². The molecule has 1 unspecified atom stereocenters. The van der Waals surface area contributed by atoms with E-state index in [1.807, 2.05) is 0 Å². The van der Waals surface area contributed by atoms with E-state index in [2.05, 4.69) is 45.2 Å². The maximum Gasteiger partial charge on any atom is 0.472 e. The summed E-state index contributed by atoms with van der Waals surface area (Å²) in [6.45, 7) is 1.34. The molecular formula is C23H44NO8P. The molecule has 0 aliphatic carbocycles. The van der Waals surface area contributed by atoms with Crippen LogP contribution in [-0.2, 0) is 28.0 Å². The molecule has 0 fully saturated rings. The predicted octanol–water partition coefficient (Wildman–Crippen LogP) is 5.29. The van der Waals surface area contributed by atoms with E-state index < -0.39 is 26.5 Å². The fourth-order valence-corrected chi connectivity index (χ4v) is 3.60. The van der Waals surface area contributed by atoms with Crippen LogP contribution in [0.1, 0.15) is 84.0 Å². The van der Waals surface area contributed by atoms with E-state index in [0.29, 0.717) is 0 Å². The predicted molar refractivity (Wildman–Crippen MR) is 129 cm³/mol. The number of carbonyl (C=O) groups is 1. The van der Waals surface area contributed by atoms with Gasteiger partial charge in [-0.2, -0.15) is 0 Å². The summed E-state index contributed by atoms with van der Waals surface area (Å²) in [5.41, 5.74) is 5.17. The first-order valence-corrected chi connectivity index (χ1v) is 13.5. The number of ether oxygens (including phenoxy) is 1. The van der Waals surface area contributed by atoms with E-state index in [9.17, 15) is 14.3 Å². The number of allylic oxidation sites excluding steroid dienone is 4. The van der Waals surface area contributed by atoms with Crippen molar-refractivity contribution in [3.05, 3.63) is 24.3 Å². The summed E-state index contributed by atoms with van der Waals surface area (Å²) in [7, 11) is -4.29. The van der Waals surface area contributed by atoms with Crippen LogP contribution in [0.5, 0.6) is 0 Å². The number of rotatable bonds is 23. The Morgan fingerprint density at radius 2 is 1.58 bits per heavy atom. The van der Waals surface area contributed by atoms with Gasteiger partial charge in [-0.25, -0.2) is 9.45 Å². The van der Waals surface area contributed by atoms with Crippen LogP contribution in [0.3, 0.4) is 0 Å². The number of nitrogens with two attached hydrogens (primary N) is 1. The monoisotopic (exact) mass is 493 g/mol. The van der Waals surface area contributed by atoms with Gasteiger partial charge < -0.3 is 15.4 Å². The molecule has 0 aliphatic heterocycles. The van der Waals surface area contributed by atoms with E-state index in [1.54, 1.807) is 0 Å². The number of hydrogen-bond acceptors (Lipinski definition) is 8. The van der Waals surface area contributed by atoms with Crippen LogP contribution in [0.15, 0.2) is 24.3 Å². The number of phosphoric ester groups is 1. The van der Waals surface area contributed by atoms with Gasteiger partial charge in [0.25, 0.3) is 0 Å². The molecule has 0 aromatic rings. The Labute approximate surface area is 198 Å². The third kappa shape index (κ3) is 22.5. The van der Waals surface area contributed by atoms with E-state index >= 15 is 0 Å². The standard InChI is InChI=1S/C23H44NO8P/c1-2-3-4-5-6-7-8-9-10-11-12-13-14-15-16-17-23(25)29-20-22(32-26)21-31-33(27,28)30-19-18-24/h6-7,9-10,22,26H,2-5,8,11-21,24H2,1H3,(H,27,28)/b7-6-,10-9-/t22-/m1/s1. The largest absolute Gasteiger partial charge is 0.472 e. The highest BCUT2D eigenvalue weighted by Crippen LogP contribution is 2.42. The van der Waals surface area contributed by atoms with Crippen molar-refractivity contribution in [3.8, 4) is 0 Å². The Balaban J connectivity index is 3.66. The van der Waals surface area contributed by atoms with Gasteiger partial charge in [-0.3, -0.25) is 19.1 Å². The number of unbranched alkanes of at least 4 members (excludes halogenated alkanes) is 8. The lowest BCUT2D eigenvalue weighted by Gasteiger charge is -2.16. The molecule has 194 valence electrons. The van der Waals surface area contributed by atoms with Gasteiger partial charge in [0.1, 0.15) is 6.61 Å². The molecule has 0 radical (unpaired) electrons. The second-order valence-electron chi connectivity index (χ2n) is 7.78. The van der Waals surface area contributed by atoms with Gasteiger partial charge in [0.2, 0.25) is 0 Å². The molecule has 0 aliphatic rings. The first-order valence-electron chi connectivity index (χ1n) is 12.0. The molecule has 10 heteroatoms. The van der Waals surface area contributed by atoms with Crippen LogP contribution in [0.4, 0.5) is 0 Å². The number of carbonyl (C=O) groups excluding carboxylic acids is 1. The van der Waals surface area contributed by atoms with E-state index in [0.717, 1.165) is 44.9 Å². The normalized spacial score (nSPS) is 14.7. The summed E-state index contributed by atoms with van der Waals surface area (Å²) in [5, 5.41) is 8.82. The summed E-state index contributed by atoms with van der Waals surface area (Å²) in [4.78, 5) is 25.3. The average molecular weight is 494 g/mol. The highest BCUT2D eigenvalue weighted by molar-refractivity contribution is 7.47. The molecule has 0 aromatic carbocycles. The quantitative estimate of drug-likeness (QED) is 0.0432. The molecular weight excluding hydrogens is 449 g/mol. The van der Waals surface area contributed by atoms with Crippen LogP contribution < -0.4 is 5.73 Å². The number of esters is 1. The number of hydrogen-bond donors (Lipinski definition) is 3. The smallest absolute Gasteiger partial charge is 0.463 e. The van der Waals surface area contributed by atoms with Crippen molar-refractivity contribution >= 4 is 13.8 Å². The summed E-state index contributed by atoms with van der Waals surface area (Å²) in [5.74, 6) is -0.422. The maximum atomic E-state index is 11.8. The lowest BCUT2D eigenvalue weighted by molar-refractivity contribution is -0.290. The van der Waals surface area contributed by atoms with Gasteiger partial charge in [0.05, 0.1) is 13.2 Å². The molecule has 0 amide bonds. The van der Waals surface area contributed by atoms with Gasteiger partial charge in [0, 0.05) is 13.0 Å². The Hall–Kier alpha value is -1.06. The zero-order valence-electron chi connectivity index (χ0n) is 20.1. The van der Waals surface area contributed by atoms with Crippen LogP contribution in [0, 0.1) is 0 Å². The van der Waals surface area contributed by atoms with Crippen molar-refractivity contribution in [2.45, 2.75) is 90.1 Å². The third-order valence-electron chi connectivity index (χ3n) is 4.71. The maximum absolute atomic E-state index is 11.8. The van der Waals surface area contributed by atoms with Crippen LogP contribution in [0.25, 0.3) is 0 Å². The topological polar surface area (TPSA) is 138 Å². The van der Waals surface area contributed by atoms with Gasteiger partial charge in [0.15, 0.2) is 6.10 Å². The summed E-state index contributed by atoms with van der Waals surface area (Å²) in [6.07, 6.45) is 20.2. The zero-order valence-corrected chi connectivity index (χ0v) is 21.0. The van der Waals surface area contributed by atoms with Crippen molar-refractivity contribution in [2.75, 3.05) is 26.4 Å². The minimum Gasteiger partial charge on any atom is -0.463 e. The SMILES string of the molecule is CCCCC/C=C\C/C=C\CCCCCCCC(=O)OC[C@H](COP(=O)(O)OCCN)OO. The van der Waals surface area contributed by atoms with Gasteiger partial charge in [-0.1, -0.05) is 63.3 Å².